The van der Waals surface area contributed by atoms with E-state index in [4.69, 9.17) is 9.97 Å². The van der Waals surface area contributed by atoms with Crippen molar-refractivity contribution in [2.45, 2.75) is 38.8 Å². The highest BCUT2D eigenvalue weighted by Gasteiger charge is 2.30. The van der Waals surface area contributed by atoms with Gasteiger partial charge >= 0.3 is 6.03 Å². The number of aromatic nitrogens is 2. The lowest BCUT2D eigenvalue weighted by Crippen LogP contribution is -2.44. The van der Waals surface area contributed by atoms with Crippen molar-refractivity contribution in [3.63, 3.8) is 0 Å². The van der Waals surface area contributed by atoms with Crippen molar-refractivity contribution in [2.75, 3.05) is 42.5 Å². The van der Waals surface area contributed by atoms with Crippen LogP contribution in [0.25, 0.3) is 0 Å². The van der Waals surface area contributed by atoms with Gasteiger partial charge in [-0.05, 0) is 30.4 Å². The molecule has 7 heteroatoms. The first-order valence-corrected chi connectivity index (χ1v) is 11.3. The number of rotatable bonds is 4. The van der Waals surface area contributed by atoms with E-state index in [1.54, 1.807) is 6.08 Å². The number of benzene rings is 1. The topological polar surface area (TPSA) is 64.6 Å². The highest BCUT2D eigenvalue weighted by molar-refractivity contribution is 5.75. The third kappa shape index (κ3) is 3.96. The number of hydrogen-bond acceptors (Lipinski definition) is 5. The molecule has 0 spiro atoms. The summed E-state index contributed by atoms with van der Waals surface area (Å²) in [6.07, 6.45) is 5.87. The largest absolute Gasteiger partial charge is 0.356 e. The smallest absolute Gasteiger partial charge is 0.317 e. The average Bonchev–Trinajstić information content (AvgIpc) is 3.36. The lowest BCUT2D eigenvalue weighted by atomic mass is 10.0. The minimum atomic E-state index is -0.0466. The van der Waals surface area contributed by atoms with Crippen molar-refractivity contribution in [1.82, 2.24) is 20.2 Å². The number of hydrogen-bond donors (Lipinski definition) is 1. The molecule has 1 aromatic carbocycles. The molecule has 2 aromatic rings. The Balaban J connectivity index is 1.45. The van der Waals surface area contributed by atoms with Gasteiger partial charge in [0, 0.05) is 51.3 Å². The van der Waals surface area contributed by atoms with E-state index in [0.29, 0.717) is 19.6 Å². The molecule has 1 saturated heterocycles. The van der Waals surface area contributed by atoms with Crippen LogP contribution in [0.3, 0.4) is 0 Å². The van der Waals surface area contributed by atoms with Gasteiger partial charge in [-0.15, -0.1) is 6.58 Å². The molecule has 0 saturated carbocycles. The second-order valence-electron chi connectivity index (χ2n) is 8.55. The Hall–Kier alpha value is -3.09. The normalized spacial score (nSPS) is 17.9. The van der Waals surface area contributed by atoms with Crippen LogP contribution < -0.4 is 15.1 Å². The number of carbonyl (C=O) groups excluding carboxylic acids is 1. The van der Waals surface area contributed by atoms with Crippen LogP contribution in [0.5, 0.6) is 0 Å². The molecule has 3 aliphatic rings. The van der Waals surface area contributed by atoms with Gasteiger partial charge in [0.2, 0.25) is 5.95 Å². The molecular formula is C24H30N6O. The van der Waals surface area contributed by atoms with Crippen LogP contribution in [0.1, 0.15) is 35.2 Å². The van der Waals surface area contributed by atoms with Crippen LogP contribution in [0, 0.1) is 0 Å². The molecule has 5 rings (SSSR count). The highest BCUT2D eigenvalue weighted by atomic mass is 16.2. The minimum Gasteiger partial charge on any atom is -0.356 e. The second-order valence-corrected chi connectivity index (χ2v) is 8.55. The van der Waals surface area contributed by atoms with E-state index < -0.39 is 0 Å². The lowest BCUT2D eigenvalue weighted by Gasteiger charge is -2.34. The summed E-state index contributed by atoms with van der Waals surface area (Å²) in [4.78, 5) is 29.2. The summed E-state index contributed by atoms with van der Waals surface area (Å²) in [5.41, 5.74) is 5.00. The second kappa shape index (κ2) is 8.57. The lowest BCUT2D eigenvalue weighted by molar-refractivity contribution is 0.193. The maximum atomic E-state index is 12.5. The molecule has 162 valence electrons. The molecule has 2 amide bonds. The van der Waals surface area contributed by atoms with Gasteiger partial charge in [0.1, 0.15) is 5.82 Å². The fourth-order valence-electron chi connectivity index (χ4n) is 4.83. The van der Waals surface area contributed by atoms with E-state index in [2.05, 4.69) is 46.0 Å². The maximum absolute atomic E-state index is 12.5. The van der Waals surface area contributed by atoms with Crippen LogP contribution in [-0.2, 0) is 25.9 Å². The molecule has 1 fully saturated rings. The summed E-state index contributed by atoms with van der Waals surface area (Å²) in [6.45, 7) is 9.23. The Kier molecular flexibility index (Phi) is 5.49. The molecule has 7 nitrogen and oxygen atoms in total. The van der Waals surface area contributed by atoms with Gasteiger partial charge in [-0.1, -0.05) is 30.3 Å². The fourth-order valence-corrected chi connectivity index (χ4v) is 4.83. The van der Waals surface area contributed by atoms with Crippen molar-refractivity contribution < 1.29 is 4.79 Å². The van der Waals surface area contributed by atoms with Crippen molar-refractivity contribution in [3.05, 3.63) is 59.3 Å². The monoisotopic (exact) mass is 418 g/mol. The predicted octanol–water partition coefficient (Wildman–Crippen LogP) is 2.89. The van der Waals surface area contributed by atoms with Gasteiger partial charge in [-0.2, -0.15) is 4.98 Å². The van der Waals surface area contributed by atoms with Gasteiger partial charge in [0.25, 0.3) is 0 Å². The first-order valence-electron chi connectivity index (χ1n) is 11.3. The fraction of sp³-hybridized carbons (Fsp3) is 0.458. The summed E-state index contributed by atoms with van der Waals surface area (Å²) in [6, 6.07) is 8.61. The Morgan fingerprint density at radius 3 is 2.61 bits per heavy atom. The number of fused-ring (bicyclic) bond motifs is 2. The van der Waals surface area contributed by atoms with Crippen LogP contribution in [0.4, 0.5) is 16.6 Å². The van der Waals surface area contributed by atoms with Crippen LogP contribution in [-0.4, -0.2) is 53.6 Å². The molecule has 1 N–H and O–H groups in total. The number of anilines is 2. The van der Waals surface area contributed by atoms with Gasteiger partial charge in [0.15, 0.2) is 0 Å². The molecule has 1 aromatic heterocycles. The number of carbonyl (C=O) groups is 1. The standard InChI is InChI=1S/C24H30N6O/c1-2-11-25-24(31)30-15-10-21-20(17-30)22(28-12-5-6-13-28)27-23(26-21)29-14-9-18-7-3-4-8-19(18)16-29/h2-4,7-8H,1,5-6,9-17H2,(H,25,31). The summed E-state index contributed by atoms with van der Waals surface area (Å²) in [5, 5.41) is 2.90. The number of nitrogens with one attached hydrogen (secondary N) is 1. The molecule has 0 unspecified atom stereocenters. The minimum absolute atomic E-state index is 0.0466. The molecule has 0 bridgehead atoms. The highest BCUT2D eigenvalue weighted by Crippen LogP contribution is 2.32. The van der Waals surface area contributed by atoms with Crippen molar-refractivity contribution in [1.29, 1.82) is 0 Å². The van der Waals surface area contributed by atoms with E-state index in [0.717, 1.165) is 62.0 Å². The Bertz CT molecular complexity index is 984. The van der Waals surface area contributed by atoms with Gasteiger partial charge < -0.3 is 20.0 Å². The molecule has 0 atom stereocenters. The van der Waals surface area contributed by atoms with E-state index in [9.17, 15) is 4.79 Å². The predicted molar refractivity (Wildman–Crippen MR) is 122 cm³/mol. The SMILES string of the molecule is C=CCNC(=O)N1CCc2nc(N3CCc4ccccc4C3)nc(N3CCCC3)c2C1. The van der Waals surface area contributed by atoms with Gasteiger partial charge in [-0.25, -0.2) is 9.78 Å². The first kappa shape index (κ1) is 19.8. The third-order valence-electron chi connectivity index (χ3n) is 6.53. The Morgan fingerprint density at radius 1 is 1.00 bits per heavy atom. The molecule has 3 aliphatic heterocycles. The average molecular weight is 419 g/mol. The third-order valence-corrected chi connectivity index (χ3v) is 6.53. The maximum Gasteiger partial charge on any atom is 0.317 e. The zero-order valence-corrected chi connectivity index (χ0v) is 18.0. The number of amides is 2. The van der Waals surface area contributed by atoms with E-state index >= 15 is 0 Å². The van der Waals surface area contributed by atoms with Crippen molar-refractivity contribution >= 4 is 17.8 Å². The molecule has 0 aliphatic carbocycles. The summed E-state index contributed by atoms with van der Waals surface area (Å²) in [5.74, 6) is 1.86. The summed E-state index contributed by atoms with van der Waals surface area (Å²) >= 11 is 0. The first-order chi connectivity index (χ1) is 15.2. The van der Waals surface area contributed by atoms with Crippen LogP contribution in [0.2, 0.25) is 0 Å². The number of nitrogens with zero attached hydrogens (tertiary/aromatic N) is 5. The van der Waals surface area contributed by atoms with E-state index in [1.807, 2.05) is 4.90 Å². The molecule has 0 radical (unpaired) electrons. The Labute approximate surface area is 183 Å². The summed E-state index contributed by atoms with van der Waals surface area (Å²) in [7, 11) is 0. The quantitative estimate of drug-likeness (QED) is 0.774. The van der Waals surface area contributed by atoms with Crippen LogP contribution >= 0.6 is 0 Å². The molecule has 4 heterocycles. The molecule has 31 heavy (non-hydrogen) atoms. The molecular weight excluding hydrogens is 388 g/mol. The van der Waals surface area contributed by atoms with Gasteiger partial charge in [-0.3, -0.25) is 0 Å². The van der Waals surface area contributed by atoms with Crippen LogP contribution in [0.15, 0.2) is 36.9 Å². The summed E-state index contributed by atoms with van der Waals surface area (Å²) < 4.78 is 0. The van der Waals surface area contributed by atoms with E-state index in [1.165, 1.54) is 24.0 Å². The number of urea groups is 1. The van der Waals surface area contributed by atoms with E-state index in [-0.39, 0.29) is 6.03 Å². The zero-order chi connectivity index (χ0) is 21.2. The van der Waals surface area contributed by atoms with Crippen molar-refractivity contribution in [2.24, 2.45) is 0 Å². The van der Waals surface area contributed by atoms with Crippen molar-refractivity contribution in [3.8, 4) is 0 Å². The van der Waals surface area contributed by atoms with Gasteiger partial charge in [0.05, 0.1) is 12.2 Å². The Morgan fingerprint density at radius 2 is 1.81 bits per heavy atom. The zero-order valence-electron chi connectivity index (χ0n) is 18.0.